The lowest BCUT2D eigenvalue weighted by molar-refractivity contribution is 0.100. The van der Waals surface area contributed by atoms with Crippen LogP contribution in [0.2, 0.25) is 0 Å². The number of amides is 1. The maximum atomic E-state index is 16.1. The molecule has 0 aliphatic carbocycles. The number of halogens is 1. The van der Waals surface area contributed by atoms with Crippen molar-refractivity contribution in [1.29, 1.82) is 0 Å². The molecule has 1 unspecified atom stereocenters. The highest BCUT2D eigenvalue weighted by Crippen LogP contribution is 2.35. The highest BCUT2D eigenvalue weighted by molar-refractivity contribution is 5.99. The van der Waals surface area contributed by atoms with Crippen molar-refractivity contribution in [2.75, 3.05) is 17.7 Å². The molecule has 2 heterocycles. The molecule has 0 aliphatic heterocycles. The Hall–Kier alpha value is -4.92. The van der Waals surface area contributed by atoms with Crippen LogP contribution in [-0.4, -0.2) is 27.5 Å². The van der Waals surface area contributed by atoms with Gasteiger partial charge in [0.2, 0.25) is 5.91 Å². The van der Waals surface area contributed by atoms with Crippen molar-refractivity contribution in [2.24, 2.45) is 5.73 Å². The minimum absolute atomic E-state index is 0.200. The summed E-state index contributed by atoms with van der Waals surface area (Å²) in [5.74, 6) is 0.0749. The van der Waals surface area contributed by atoms with Crippen LogP contribution in [0.4, 0.5) is 15.9 Å². The Balaban J connectivity index is 1.64. The largest absolute Gasteiger partial charge is 0.491 e. The molecule has 0 radical (unpaired) electrons. The first-order valence-electron chi connectivity index (χ1n) is 13.2. The van der Waals surface area contributed by atoms with E-state index in [0.29, 0.717) is 47.1 Å². The second-order valence-electron chi connectivity index (χ2n) is 9.50. The zero-order valence-corrected chi connectivity index (χ0v) is 22.4. The molecule has 9 heteroatoms. The van der Waals surface area contributed by atoms with E-state index in [1.807, 2.05) is 50.2 Å². The summed E-state index contributed by atoms with van der Waals surface area (Å²) < 4.78 is 21.9. The van der Waals surface area contributed by atoms with Gasteiger partial charge < -0.3 is 26.5 Å². The van der Waals surface area contributed by atoms with Crippen molar-refractivity contribution in [1.82, 2.24) is 15.0 Å². The number of carbonyl (C=O) groups is 1. The number of anilines is 2. The molecule has 3 aromatic carbocycles. The van der Waals surface area contributed by atoms with E-state index in [-0.39, 0.29) is 5.75 Å². The first kappa shape index (κ1) is 26.7. The van der Waals surface area contributed by atoms with E-state index in [9.17, 15) is 4.79 Å². The van der Waals surface area contributed by atoms with Crippen LogP contribution in [0, 0.1) is 5.82 Å². The number of aryl methyl sites for hydroxylation is 1. The molecule has 40 heavy (non-hydrogen) atoms. The van der Waals surface area contributed by atoms with Gasteiger partial charge in [-0.2, -0.15) is 0 Å². The molecule has 0 spiro atoms. The van der Waals surface area contributed by atoms with Crippen molar-refractivity contribution >= 4 is 28.2 Å². The number of nitrogen functional groups attached to an aromatic ring is 1. The van der Waals surface area contributed by atoms with Gasteiger partial charge in [-0.15, -0.1) is 0 Å². The first-order chi connectivity index (χ1) is 19.4. The van der Waals surface area contributed by atoms with Crippen LogP contribution in [0.1, 0.15) is 53.6 Å². The number of aromatic amines is 1. The second-order valence-corrected chi connectivity index (χ2v) is 9.50. The van der Waals surface area contributed by atoms with Crippen LogP contribution in [0.3, 0.4) is 0 Å². The fraction of sp³-hybridized carbons (Fsp3) is 0.194. The van der Waals surface area contributed by atoms with Gasteiger partial charge in [0.1, 0.15) is 17.7 Å². The average molecular weight is 539 g/mol. The number of benzene rings is 3. The van der Waals surface area contributed by atoms with Crippen LogP contribution in [0.15, 0.2) is 73.1 Å². The molecule has 0 saturated carbocycles. The summed E-state index contributed by atoms with van der Waals surface area (Å²) in [6.07, 6.45) is 4.72. The summed E-state index contributed by atoms with van der Waals surface area (Å²) >= 11 is 0. The summed E-state index contributed by atoms with van der Waals surface area (Å²) in [6, 6.07) is 17.4. The molecule has 6 N–H and O–H groups in total. The van der Waals surface area contributed by atoms with Crippen LogP contribution < -0.4 is 21.5 Å². The summed E-state index contributed by atoms with van der Waals surface area (Å²) in [5, 5.41) is 5.17. The summed E-state index contributed by atoms with van der Waals surface area (Å²) in [6.45, 7) is 4.39. The van der Waals surface area contributed by atoms with Crippen LogP contribution in [0.25, 0.3) is 22.0 Å². The topological polar surface area (TPSA) is 132 Å². The lowest BCUT2D eigenvalue weighted by atomic mass is 9.99. The number of carbonyl (C=O) groups excluding carboxylic acids is 1. The van der Waals surface area contributed by atoms with Gasteiger partial charge in [-0.05, 0) is 60.2 Å². The van der Waals surface area contributed by atoms with Gasteiger partial charge in [-0.1, -0.05) is 38.1 Å². The smallest absolute Gasteiger partial charge is 0.249 e. The number of hydrogen-bond acceptors (Lipinski definition) is 6. The van der Waals surface area contributed by atoms with E-state index in [1.165, 1.54) is 0 Å². The van der Waals surface area contributed by atoms with Gasteiger partial charge in [0.05, 0.1) is 18.5 Å². The van der Waals surface area contributed by atoms with Gasteiger partial charge in [0, 0.05) is 34.0 Å². The predicted molar refractivity (Wildman–Crippen MR) is 156 cm³/mol. The van der Waals surface area contributed by atoms with E-state index in [1.54, 1.807) is 36.7 Å². The summed E-state index contributed by atoms with van der Waals surface area (Å²) in [7, 11) is 0. The molecule has 5 rings (SSSR count). The quantitative estimate of drug-likeness (QED) is 0.172. The number of nitrogens with one attached hydrogen (secondary N) is 2. The molecule has 204 valence electrons. The first-order valence-corrected chi connectivity index (χ1v) is 13.2. The van der Waals surface area contributed by atoms with Gasteiger partial charge in [-0.3, -0.25) is 4.79 Å². The zero-order valence-electron chi connectivity index (χ0n) is 22.4. The number of aromatic nitrogens is 3. The number of nitrogens with two attached hydrogens (primary N) is 2. The molecule has 1 amide bonds. The van der Waals surface area contributed by atoms with E-state index < -0.39 is 17.8 Å². The van der Waals surface area contributed by atoms with Crippen molar-refractivity contribution in [3.8, 4) is 17.0 Å². The van der Waals surface area contributed by atoms with E-state index in [2.05, 4.69) is 20.3 Å². The highest BCUT2D eigenvalue weighted by Gasteiger charge is 2.25. The highest BCUT2D eigenvalue weighted by atomic mass is 19.1. The summed E-state index contributed by atoms with van der Waals surface area (Å²) in [4.78, 5) is 24.1. The van der Waals surface area contributed by atoms with E-state index in [0.717, 1.165) is 28.4 Å². The van der Waals surface area contributed by atoms with Crippen molar-refractivity contribution < 1.29 is 13.9 Å². The molecule has 0 aliphatic rings. The Bertz CT molecular complexity index is 1680. The maximum Gasteiger partial charge on any atom is 0.249 e. The molecule has 5 aromatic rings. The predicted octanol–water partition coefficient (Wildman–Crippen LogP) is 6.00. The van der Waals surface area contributed by atoms with Gasteiger partial charge in [-0.25, -0.2) is 14.4 Å². The maximum absolute atomic E-state index is 16.1. The molecular formula is C31H31FN6O2. The number of pyridine rings is 1. The molecule has 8 nitrogen and oxygen atoms in total. The lowest BCUT2D eigenvalue weighted by Gasteiger charge is -2.22. The molecule has 0 bridgehead atoms. The fourth-order valence-corrected chi connectivity index (χ4v) is 4.71. The SMILES string of the molecule is CCCOc1cc(CC)cc(C(Nc2ccc3c(N)nccc3c2)c2ncc(-c3ccccc3C(N)=O)[nH]2)c1F. The molecule has 0 saturated heterocycles. The number of imidazole rings is 1. The second kappa shape index (κ2) is 11.4. The van der Waals surface area contributed by atoms with Crippen molar-refractivity contribution in [3.63, 3.8) is 0 Å². The number of primary amides is 1. The van der Waals surface area contributed by atoms with E-state index >= 15 is 4.39 Å². The minimum Gasteiger partial charge on any atom is -0.491 e. The zero-order chi connectivity index (χ0) is 28.2. The van der Waals surface area contributed by atoms with Gasteiger partial charge >= 0.3 is 0 Å². The normalized spacial score (nSPS) is 11.9. The number of nitrogens with zero attached hydrogens (tertiary/aromatic N) is 2. The standard InChI is InChI=1S/C31H31FN6O2/c1-3-13-40-26-15-18(4-2)14-24(27(26)32)28(37-20-9-10-21-19(16-20)11-12-35-29(21)33)31-36-17-25(38-31)22-7-5-6-8-23(22)30(34)39/h5-12,14-17,28,37H,3-4,13H2,1-2H3,(H2,33,35)(H2,34,39)(H,36,38). The van der Waals surface area contributed by atoms with Crippen LogP contribution >= 0.6 is 0 Å². The Morgan fingerprint density at radius 1 is 1.10 bits per heavy atom. The number of hydrogen-bond donors (Lipinski definition) is 4. The monoisotopic (exact) mass is 538 g/mol. The number of fused-ring (bicyclic) bond motifs is 1. The molecule has 2 aromatic heterocycles. The molecule has 0 fully saturated rings. The third-order valence-corrected chi connectivity index (χ3v) is 6.77. The van der Waals surface area contributed by atoms with Crippen molar-refractivity contribution in [2.45, 2.75) is 32.7 Å². The lowest BCUT2D eigenvalue weighted by Crippen LogP contribution is -2.17. The number of rotatable bonds is 10. The molecular weight excluding hydrogens is 507 g/mol. The van der Waals surface area contributed by atoms with Crippen molar-refractivity contribution in [3.05, 3.63) is 101 Å². The third kappa shape index (κ3) is 5.31. The fourth-order valence-electron chi connectivity index (χ4n) is 4.71. The Morgan fingerprint density at radius 3 is 2.70 bits per heavy atom. The third-order valence-electron chi connectivity index (χ3n) is 6.77. The van der Waals surface area contributed by atoms with Crippen LogP contribution in [0.5, 0.6) is 5.75 Å². The Labute approximate surface area is 231 Å². The average Bonchev–Trinajstić information content (AvgIpc) is 3.45. The number of ether oxygens (including phenoxy) is 1. The summed E-state index contributed by atoms with van der Waals surface area (Å²) in [5.41, 5.74) is 15.3. The van der Waals surface area contributed by atoms with E-state index in [4.69, 9.17) is 16.2 Å². The molecule has 1 atom stereocenters. The minimum atomic E-state index is -0.721. The number of H-pyrrole nitrogens is 1. The van der Waals surface area contributed by atoms with Gasteiger partial charge in [0.15, 0.2) is 11.6 Å². The Morgan fingerprint density at radius 2 is 1.93 bits per heavy atom. The van der Waals surface area contributed by atoms with Gasteiger partial charge in [0.25, 0.3) is 0 Å². The Kier molecular flexibility index (Phi) is 7.63. The van der Waals surface area contributed by atoms with Crippen LogP contribution in [-0.2, 0) is 6.42 Å².